The fourth-order valence-electron chi connectivity index (χ4n) is 4.45. The number of carbonyl (C=O) groups excluding carboxylic acids is 1. The molecule has 6 nitrogen and oxygen atoms in total. The lowest BCUT2D eigenvalue weighted by atomic mass is 9.78. The second kappa shape index (κ2) is 9.67. The first kappa shape index (κ1) is 27.4. The predicted octanol–water partition coefficient (Wildman–Crippen LogP) is 5.17. The molecule has 0 aliphatic heterocycles. The molecule has 36 heavy (non-hydrogen) atoms. The van der Waals surface area contributed by atoms with Gasteiger partial charge in [0.15, 0.2) is 0 Å². The van der Waals surface area contributed by atoms with Crippen molar-refractivity contribution in [1.29, 1.82) is 5.26 Å². The summed E-state index contributed by atoms with van der Waals surface area (Å²) in [6.45, 7) is 0.538. The Bertz CT molecular complexity index is 1200. The van der Waals surface area contributed by atoms with Crippen molar-refractivity contribution >= 4 is 17.6 Å². The number of hydrogen-bond acceptors (Lipinski definition) is 6. The van der Waals surface area contributed by atoms with E-state index in [9.17, 15) is 37.1 Å². The number of nitriles is 1. The molecule has 0 amide bonds. The van der Waals surface area contributed by atoms with E-state index in [0.29, 0.717) is 6.08 Å². The van der Waals surface area contributed by atoms with Crippen molar-refractivity contribution < 1.29 is 41.3 Å². The van der Waals surface area contributed by atoms with Crippen LogP contribution in [0.3, 0.4) is 0 Å². The summed E-state index contributed by atoms with van der Waals surface area (Å²) in [7, 11) is 0. The molecule has 192 valence electrons. The second-order valence-corrected chi connectivity index (χ2v) is 9.10. The molecule has 0 radical (unpaired) electrons. The van der Waals surface area contributed by atoms with Crippen molar-refractivity contribution in [3.63, 3.8) is 0 Å². The first-order chi connectivity index (χ1) is 16.7. The molecule has 1 aromatic heterocycles. The van der Waals surface area contributed by atoms with Crippen LogP contribution in [0.4, 0.5) is 22.0 Å². The lowest BCUT2D eigenvalue weighted by molar-refractivity contribution is -0.316. The van der Waals surface area contributed by atoms with Gasteiger partial charge in [-0.05, 0) is 35.1 Å². The summed E-state index contributed by atoms with van der Waals surface area (Å²) in [5, 5.41) is 20.9. The van der Waals surface area contributed by atoms with Gasteiger partial charge in [0.2, 0.25) is 5.88 Å². The van der Waals surface area contributed by atoms with Crippen molar-refractivity contribution in [2.45, 2.75) is 32.1 Å². The van der Waals surface area contributed by atoms with Crippen LogP contribution in [0.5, 0.6) is 11.6 Å². The summed E-state index contributed by atoms with van der Waals surface area (Å²) in [4.78, 5) is 16.4. The zero-order valence-corrected chi connectivity index (χ0v) is 19.6. The topological polar surface area (TPSA) is 95.3 Å². The number of carboxylic acid groups (broad SMARTS) is 1. The number of ether oxygens (including phenoxy) is 2. The van der Waals surface area contributed by atoms with Crippen molar-refractivity contribution in [1.82, 2.24) is 4.98 Å². The van der Waals surface area contributed by atoms with E-state index in [4.69, 9.17) is 16.3 Å². The number of pyridine rings is 1. The maximum atomic E-state index is 14.1. The third kappa shape index (κ3) is 5.15. The zero-order valence-electron chi connectivity index (χ0n) is 18.9. The minimum absolute atomic E-state index is 0.190. The minimum atomic E-state index is -5.04. The van der Waals surface area contributed by atoms with Crippen LogP contribution < -0.4 is 9.84 Å². The van der Waals surface area contributed by atoms with Gasteiger partial charge in [0.25, 0.3) is 0 Å². The van der Waals surface area contributed by atoms with E-state index in [2.05, 4.69) is 9.72 Å². The Kier molecular flexibility index (Phi) is 7.35. The second-order valence-electron chi connectivity index (χ2n) is 8.70. The molecule has 0 saturated heterocycles. The SMILES string of the molecule is CC1(C)C(C=C(Cl)C(F)(F)OCC(F)(F)F)C1(C(=O)[O-])C(C#N)c1cccc(Oc2ccccn2)c1. The summed E-state index contributed by atoms with van der Waals surface area (Å²) in [5.41, 5.74) is -3.19. The van der Waals surface area contributed by atoms with Crippen molar-refractivity contribution in [3.8, 4) is 17.7 Å². The van der Waals surface area contributed by atoms with Gasteiger partial charge >= 0.3 is 12.3 Å². The molecule has 1 fully saturated rings. The largest absolute Gasteiger partial charge is 0.549 e. The van der Waals surface area contributed by atoms with Crippen molar-refractivity contribution in [2.75, 3.05) is 6.61 Å². The highest BCUT2D eigenvalue weighted by Gasteiger charge is 2.75. The average Bonchev–Trinajstić information content (AvgIpc) is 3.28. The number of allylic oxidation sites excluding steroid dienone is 1. The van der Waals surface area contributed by atoms with Gasteiger partial charge in [-0.3, -0.25) is 0 Å². The average molecular weight is 530 g/mol. The Morgan fingerprint density at radius 2 is 1.94 bits per heavy atom. The number of aliphatic carboxylic acids is 1. The van der Waals surface area contributed by atoms with Gasteiger partial charge in [-0.15, -0.1) is 0 Å². The highest BCUT2D eigenvalue weighted by atomic mass is 35.5. The Morgan fingerprint density at radius 3 is 2.50 bits per heavy atom. The highest BCUT2D eigenvalue weighted by Crippen LogP contribution is 2.75. The normalized spacial score (nSPS) is 22.4. The van der Waals surface area contributed by atoms with Gasteiger partial charge < -0.3 is 19.4 Å². The van der Waals surface area contributed by atoms with E-state index in [-0.39, 0.29) is 17.2 Å². The Morgan fingerprint density at radius 1 is 1.25 bits per heavy atom. The van der Waals surface area contributed by atoms with Gasteiger partial charge in [-0.2, -0.15) is 27.2 Å². The predicted molar refractivity (Wildman–Crippen MR) is 115 cm³/mol. The van der Waals surface area contributed by atoms with Crippen LogP contribution in [0.15, 0.2) is 59.8 Å². The van der Waals surface area contributed by atoms with Gasteiger partial charge in [-0.1, -0.05) is 49.7 Å². The number of carboxylic acids is 1. The van der Waals surface area contributed by atoms with E-state index >= 15 is 0 Å². The summed E-state index contributed by atoms with van der Waals surface area (Å²) in [6.07, 6.45) is -7.47. The van der Waals surface area contributed by atoms with Gasteiger partial charge in [-0.25, -0.2) is 4.98 Å². The number of nitrogens with zero attached hydrogens (tertiary/aromatic N) is 2. The molecule has 0 N–H and O–H groups in total. The molecule has 3 rings (SSSR count). The van der Waals surface area contributed by atoms with E-state index in [1.165, 1.54) is 38.2 Å². The highest BCUT2D eigenvalue weighted by molar-refractivity contribution is 6.30. The van der Waals surface area contributed by atoms with E-state index < -0.39 is 52.6 Å². The summed E-state index contributed by atoms with van der Waals surface area (Å²) in [6, 6.07) is 12.7. The van der Waals surface area contributed by atoms with Gasteiger partial charge in [0.05, 0.1) is 18.0 Å². The molecule has 1 aromatic carbocycles. The van der Waals surface area contributed by atoms with Gasteiger partial charge in [0, 0.05) is 17.7 Å². The van der Waals surface area contributed by atoms with Crippen molar-refractivity contribution in [2.24, 2.45) is 16.7 Å². The molecule has 12 heteroatoms. The summed E-state index contributed by atoms with van der Waals surface area (Å²) in [5.74, 6) is -3.96. The standard InChI is InChI=1S/C24H20ClF5N2O4/c1-21(2)17(11-18(25)24(29,30)35-13-22(26,27)28)23(21,20(33)34)16(12-31)14-6-5-7-15(10-14)36-19-8-3-4-9-32-19/h3-11,16-17H,13H2,1-2H3,(H,33,34)/p-1. The van der Waals surface area contributed by atoms with E-state index in [1.807, 2.05) is 6.07 Å². The van der Waals surface area contributed by atoms with Crippen LogP contribution in [-0.4, -0.2) is 29.8 Å². The van der Waals surface area contributed by atoms with Crippen LogP contribution >= 0.6 is 11.6 Å². The third-order valence-electron chi connectivity index (χ3n) is 6.23. The minimum Gasteiger partial charge on any atom is -0.549 e. The lowest BCUT2D eigenvalue weighted by Crippen LogP contribution is -2.40. The monoisotopic (exact) mass is 529 g/mol. The summed E-state index contributed by atoms with van der Waals surface area (Å²) < 4.78 is 74.5. The third-order valence-corrected chi connectivity index (χ3v) is 6.58. The number of hydrogen-bond donors (Lipinski definition) is 0. The Labute approximate surface area is 207 Å². The fraction of sp³-hybridized carbons (Fsp3) is 0.375. The molecular formula is C24H19ClF5N2O4-. The van der Waals surface area contributed by atoms with Gasteiger partial charge in [0.1, 0.15) is 17.4 Å². The molecule has 3 unspecified atom stereocenters. The number of benzene rings is 1. The molecule has 1 aliphatic rings. The molecule has 1 heterocycles. The first-order valence-electron chi connectivity index (χ1n) is 10.4. The number of alkyl halides is 5. The first-order valence-corrected chi connectivity index (χ1v) is 10.8. The molecule has 3 atom stereocenters. The zero-order chi connectivity index (χ0) is 26.9. The number of halogens is 6. The van der Waals surface area contributed by atoms with E-state index in [0.717, 1.165) is 0 Å². The molecular weight excluding hydrogens is 511 g/mol. The molecule has 2 aromatic rings. The molecule has 1 saturated carbocycles. The quantitative estimate of drug-likeness (QED) is 0.416. The number of aromatic nitrogens is 1. The maximum Gasteiger partial charge on any atom is 0.412 e. The molecule has 0 bridgehead atoms. The van der Waals surface area contributed by atoms with Crippen LogP contribution in [0, 0.1) is 28.1 Å². The van der Waals surface area contributed by atoms with Crippen LogP contribution in [0.1, 0.15) is 25.3 Å². The maximum absolute atomic E-state index is 14.1. The molecule has 0 spiro atoms. The van der Waals surface area contributed by atoms with Crippen LogP contribution in [0.2, 0.25) is 0 Å². The Balaban J connectivity index is 1.96. The Hall–Kier alpha value is -3.23. The van der Waals surface area contributed by atoms with Crippen LogP contribution in [0.25, 0.3) is 0 Å². The molecule has 1 aliphatic carbocycles. The van der Waals surface area contributed by atoms with E-state index in [1.54, 1.807) is 24.3 Å². The fourth-order valence-corrected chi connectivity index (χ4v) is 4.63. The van der Waals surface area contributed by atoms with Crippen LogP contribution in [-0.2, 0) is 9.53 Å². The van der Waals surface area contributed by atoms with Crippen molar-refractivity contribution in [3.05, 3.63) is 65.3 Å². The lowest BCUT2D eigenvalue weighted by Gasteiger charge is -2.27. The smallest absolute Gasteiger partial charge is 0.412 e. The number of rotatable bonds is 9. The number of carbonyl (C=O) groups is 1. The summed E-state index contributed by atoms with van der Waals surface area (Å²) >= 11 is 5.60.